The highest BCUT2D eigenvalue weighted by Crippen LogP contribution is 2.28. The fourth-order valence-corrected chi connectivity index (χ4v) is 2.90. The average Bonchev–Trinajstić information content (AvgIpc) is 2.83. The fourth-order valence-electron chi connectivity index (χ4n) is 2.90. The van der Waals surface area contributed by atoms with Gasteiger partial charge in [-0.3, -0.25) is 14.4 Å². The number of carbonyl (C=O) groups excluding carboxylic acids is 3. The molecule has 9 nitrogen and oxygen atoms in total. The largest absolute Gasteiger partial charge is 0.497 e. The van der Waals surface area contributed by atoms with E-state index in [0.717, 1.165) is 0 Å². The molecule has 0 saturated heterocycles. The van der Waals surface area contributed by atoms with Crippen LogP contribution in [0.5, 0.6) is 17.2 Å². The molecular formula is C24H23N3O6. The minimum atomic E-state index is -0.592. The number of nitrogens with two attached hydrogens (primary N) is 1. The molecule has 9 heteroatoms. The van der Waals surface area contributed by atoms with Crippen LogP contribution in [-0.4, -0.2) is 38.5 Å². The van der Waals surface area contributed by atoms with E-state index in [4.69, 9.17) is 19.9 Å². The van der Waals surface area contributed by atoms with Crippen molar-refractivity contribution in [3.8, 4) is 17.2 Å². The van der Waals surface area contributed by atoms with Crippen molar-refractivity contribution in [1.29, 1.82) is 0 Å². The van der Waals surface area contributed by atoms with Crippen LogP contribution in [0.15, 0.2) is 66.7 Å². The highest BCUT2D eigenvalue weighted by molar-refractivity contribution is 6.05. The van der Waals surface area contributed by atoms with Gasteiger partial charge in [0.15, 0.2) is 18.1 Å². The third kappa shape index (κ3) is 6.23. The van der Waals surface area contributed by atoms with E-state index in [9.17, 15) is 14.4 Å². The lowest BCUT2D eigenvalue weighted by atomic mass is 10.1. The topological polar surface area (TPSA) is 129 Å². The predicted molar refractivity (Wildman–Crippen MR) is 123 cm³/mol. The Kier molecular flexibility index (Phi) is 7.48. The standard InChI is InChI=1S/C24H23N3O6/c1-31-19-9-7-17(8-10-19)26-22(28)14-33-20-11-6-16(13-21(20)32-2)24(30)27-18-5-3-4-15(12-18)23(25)29/h3-13H,14H2,1-2H3,(H2,25,29)(H,26,28)(H,27,30). The summed E-state index contributed by atoms with van der Waals surface area (Å²) < 4.78 is 15.9. The molecule has 0 aliphatic rings. The van der Waals surface area contributed by atoms with Crippen molar-refractivity contribution >= 4 is 29.1 Å². The van der Waals surface area contributed by atoms with Gasteiger partial charge in [0.25, 0.3) is 11.8 Å². The molecule has 0 saturated carbocycles. The van der Waals surface area contributed by atoms with Crippen molar-refractivity contribution in [3.05, 3.63) is 77.9 Å². The van der Waals surface area contributed by atoms with Crippen molar-refractivity contribution in [3.63, 3.8) is 0 Å². The molecular weight excluding hydrogens is 426 g/mol. The lowest BCUT2D eigenvalue weighted by Gasteiger charge is -2.13. The van der Waals surface area contributed by atoms with Gasteiger partial charge >= 0.3 is 0 Å². The van der Waals surface area contributed by atoms with Crippen LogP contribution >= 0.6 is 0 Å². The smallest absolute Gasteiger partial charge is 0.262 e. The first-order valence-corrected chi connectivity index (χ1v) is 9.85. The maximum absolute atomic E-state index is 12.6. The molecule has 4 N–H and O–H groups in total. The minimum Gasteiger partial charge on any atom is -0.497 e. The van der Waals surface area contributed by atoms with Gasteiger partial charge in [-0.25, -0.2) is 0 Å². The first kappa shape index (κ1) is 23.1. The zero-order valence-corrected chi connectivity index (χ0v) is 18.1. The summed E-state index contributed by atoms with van der Waals surface area (Å²) in [5.74, 6) is -0.110. The summed E-state index contributed by atoms with van der Waals surface area (Å²) >= 11 is 0. The second-order valence-electron chi connectivity index (χ2n) is 6.83. The number of amides is 3. The Bertz CT molecular complexity index is 1160. The maximum Gasteiger partial charge on any atom is 0.262 e. The summed E-state index contributed by atoms with van der Waals surface area (Å²) in [5.41, 5.74) is 6.87. The lowest BCUT2D eigenvalue weighted by Crippen LogP contribution is -2.20. The van der Waals surface area contributed by atoms with Crippen molar-refractivity contribution in [2.24, 2.45) is 5.73 Å². The Morgan fingerprint density at radius 2 is 1.55 bits per heavy atom. The third-order valence-electron chi connectivity index (χ3n) is 4.56. The maximum atomic E-state index is 12.6. The predicted octanol–water partition coefficient (Wildman–Crippen LogP) is 3.07. The zero-order valence-electron chi connectivity index (χ0n) is 18.1. The van der Waals surface area contributed by atoms with Gasteiger partial charge in [0.2, 0.25) is 5.91 Å². The minimum absolute atomic E-state index is 0.256. The van der Waals surface area contributed by atoms with E-state index < -0.39 is 11.8 Å². The molecule has 0 heterocycles. The second-order valence-corrected chi connectivity index (χ2v) is 6.83. The van der Waals surface area contributed by atoms with Gasteiger partial charge in [-0.2, -0.15) is 0 Å². The Morgan fingerprint density at radius 1 is 0.788 bits per heavy atom. The molecule has 0 atom stereocenters. The molecule has 0 aliphatic heterocycles. The number of hydrogen-bond donors (Lipinski definition) is 3. The number of primary amides is 1. The average molecular weight is 449 g/mol. The molecule has 0 aliphatic carbocycles. The van der Waals surface area contributed by atoms with Crippen LogP contribution in [0.4, 0.5) is 11.4 Å². The van der Waals surface area contributed by atoms with E-state index >= 15 is 0 Å². The monoisotopic (exact) mass is 449 g/mol. The van der Waals surface area contributed by atoms with Crippen LogP contribution in [0, 0.1) is 0 Å². The summed E-state index contributed by atoms with van der Waals surface area (Å²) in [6.45, 7) is -0.256. The van der Waals surface area contributed by atoms with Crippen LogP contribution in [-0.2, 0) is 4.79 Å². The molecule has 3 aromatic rings. The molecule has 0 fully saturated rings. The summed E-state index contributed by atoms with van der Waals surface area (Å²) in [5, 5.41) is 5.41. The van der Waals surface area contributed by atoms with Crippen molar-refractivity contribution in [1.82, 2.24) is 0 Å². The number of methoxy groups -OCH3 is 2. The number of nitrogens with one attached hydrogen (secondary N) is 2. The molecule has 3 aromatic carbocycles. The van der Waals surface area contributed by atoms with Gasteiger partial charge in [-0.15, -0.1) is 0 Å². The molecule has 0 bridgehead atoms. The number of benzene rings is 3. The van der Waals surface area contributed by atoms with E-state index in [-0.39, 0.29) is 23.8 Å². The van der Waals surface area contributed by atoms with Gasteiger partial charge in [0, 0.05) is 22.5 Å². The molecule has 3 rings (SSSR count). The van der Waals surface area contributed by atoms with E-state index in [0.29, 0.717) is 28.4 Å². The number of ether oxygens (including phenoxy) is 3. The molecule has 0 spiro atoms. The van der Waals surface area contributed by atoms with E-state index in [1.165, 1.54) is 31.4 Å². The Hall–Kier alpha value is -4.53. The first-order chi connectivity index (χ1) is 15.9. The van der Waals surface area contributed by atoms with Gasteiger partial charge in [-0.1, -0.05) is 6.07 Å². The Morgan fingerprint density at radius 3 is 2.21 bits per heavy atom. The molecule has 170 valence electrons. The van der Waals surface area contributed by atoms with Crippen LogP contribution in [0.3, 0.4) is 0 Å². The van der Waals surface area contributed by atoms with Crippen LogP contribution in [0.1, 0.15) is 20.7 Å². The normalized spacial score (nSPS) is 10.1. The van der Waals surface area contributed by atoms with Crippen LogP contribution in [0.2, 0.25) is 0 Å². The van der Waals surface area contributed by atoms with Crippen molar-refractivity contribution < 1.29 is 28.6 Å². The number of rotatable bonds is 9. The molecule has 0 radical (unpaired) electrons. The third-order valence-corrected chi connectivity index (χ3v) is 4.56. The van der Waals surface area contributed by atoms with Crippen LogP contribution in [0.25, 0.3) is 0 Å². The SMILES string of the molecule is COc1ccc(NC(=O)COc2ccc(C(=O)Nc3cccc(C(N)=O)c3)cc2OC)cc1. The highest BCUT2D eigenvalue weighted by atomic mass is 16.5. The molecule has 33 heavy (non-hydrogen) atoms. The summed E-state index contributed by atoms with van der Waals surface area (Å²) in [7, 11) is 2.99. The molecule has 3 amide bonds. The van der Waals surface area contributed by atoms with Gasteiger partial charge < -0.3 is 30.6 Å². The first-order valence-electron chi connectivity index (χ1n) is 9.85. The quantitative estimate of drug-likeness (QED) is 0.460. The van der Waals surface area contributed by atoms with Crippen molar-refractivity contribution in [2.45, 2.75) is 0 Å². The van der Waals surface area contributed by atoms with Gasteiger partial charge in [0.05, 0.1) is 14.2 Å². The second kappa shape index (κ2) is 10.7. The van der Waals surface area contributed by atoms with Gasteiger partial charge in [0.1, 0.15) is 5.75 Å². The number of anilines is 2. The van der Waals surface area contributed by atoms with E-state index in [1.807, 2.05) is 0 Å². The van der Waals surface area contributed by atoms with Crippen LogP contribution < -0.4 is 30.6 Å². The fraction of sp³-hybridized carbons (Fsp3) is 0.125. The number of hydrogen-bond acceptors (Lipinski definition) is 6. The summed E-state index contributed by atoms with van der Waals surface area (Å²) in [6.07, 6.45) is 0. The molecule has 0 aromatic heterocycles. The Balaban J connectivity index is 1.62. The zero-order chi connectivity index (χ0) is 23.8. The number of carbonyl (C=O) groups is 3. The molecule has 0 unspecified atom stereocenters. The van der Waals surface area contributed by atoms with Crippen molar-refractivity contribution in [2.75, 3.05) is 31.5 Å². The summed E-state index contributed by atoms with van der Waals surface area (Å²) in [6, 6.07) is 17.7. The highest BCUT2D eigenvalue weighted by Gasteiger charge is 2.14. The van der Waals surface area contributed by atoms with Gasteiger partial charge in [-0.05, 0) is 60.7 Å². The lowest BCUT2D eigenvalue weighted by molar-refractivity contribution is -0.118. The van der Waals surface area contributed by atoms with E-state index in [1.54, 1.807) is 49.6 Å². The van der Waals surface area contributed by atoms with E-state index in [2.05, 4.69) is 10.6 Å². The Labute approximate surface area is 190 Å². The summed E-state index contributed by atoms with van der Waals surface area (Å²) in [4.78, 5) is 36.1.